The van der Waals surface area contributed by atoms with Crippen LogP contribution in [0.5, 0.6) is 0 Å². The number of amides is 1. The number of hydrogen-bond donors (Lipinski definition) is 1. The fourth-order valence-corrected chi connectivity index (χ4v) is 0.968. The van der Waals surface area contributed by atoms with Gasteiger partial charge in [0.15, 0.2) is 1.41 Å². The molecule has 1 amide bonds. The summed E-state index contributed by atoms with van der Waals surface area (Å²) in [5.74, 6) is -0.153. The highest BCUT2D eigenvalue weighted by molar-refractivity contribution is 8.15. The van der Waals surface area contributed by atoms with Gasteiger partial charge in [0.2, 0.25) is 0 Å². The molecule has 1 heterocycles. The molecule has 0 aromatic rings. The Bertz CT molecular complexity index is 161. The Morgan fingerprint density at radius 1 is 1.75 bits per heavy atom. The van der Waals surface area contributed by atoms with Crippen LogP contribution >= 0.6 is 11.8 Å². The minimum Gasteiger partial charge on any atom is -0.348 e. The maximum absolute atomic E-state index is 10.5. The van der Waals surface area contributed by atoms with Gasteiger partial charge in [0, 0.05) is 12.3 Å². The van der Waals surface area contributed by atoms with Crippen LogP contribution in [0.3, 0.4) is 0 Å². The molecule has 44 valence electrons. The smallest absolute Gasteiger partial charge is 0.298 e. The molecule has 0 atom stereocenters. The molecule has 0 unspecified atom stereocenters. The fourth-order valence-electron chi connectivity index (χ4n) is 0.412. The zero-order chi connectivity index (χ0) is 6.85. The van der Waals surface area contributed by atoms with Crippen LogP contribution in [0, 0.1) is 0 Å². The molecule has 1 fully saturated rings. The predicted molar refractivity (Wildman–Crippen MR) is 30.5 cm³/mol. The van der Waals surface area contributed by atoms with Crippen LogP contribution in [0.25, 0.3) is 0 Å². The molecule has 3 nitrogen and oxygen atoms in total. The van der Waals surface area contributed by atoms with Gasteiger partial charge in [-0.25, -0.2) is 0 Å². The van der Waals surface area contributed by atoms with Crippen molar-refractivity contribution in [2.24, 2.45) is 0 Å². The van der Waals surface area contributed by atoms with Crippen LogP contribution in [0.1, 0.15) is 0 Å². The van der Waals surface area contributed by atoms with Crippen molar-refractivity contribution >= 4 is 22.8 Å². The molecule has 0 aliphatic carbocycles. The highest BCUT2D eigenvalue weighted by Crippen LogP contribution is 2.03. The first-order valence-corrected chi connectivity index (χ1v) is 3.18. The molecular weight excluding hydrogens is 126 g/mol. The van der Waals surface area contributed by atoms with Gasteiger partial charge in [-0.1, -0.05) is 11.8 Å². The number of carbonyl (C=O) groups excluding carboxylic acids is 2. The summed E-state index contributed by atoms with van der Waals surface area (Å²) in [5, 5.41) is 0.176. The Morgan fingerprint density at radius 2 is 2.50 bits per heavy atom. The topological polar surface area (TPSA) is 46.2 Å². The Morgan fingerprint density at radius 3 is 3.00 bits per heavy atom. The molecule has 4 heteroatoms. The van der Waals surface area contributed by atoms with Gasteiger partial charge in [-0.05, 0) is 0 Å². The largest absolute Gasteiger partial charge is 0.348 e. The third-order valence-corrected chi connectivity index (χ3v) is 1.58. The molecule has 1 saturated heterocycles. The SMILES string of the molecule is [2H]N1CCSC(=O)C1=O. The van der Waals surface area contributed by atoms with E-state index < -0.39 is 11.0 Å². The quantitative estimate of drug-likeness (QED) is 0.447. The highest BCUT2D eigenvalue weighted by atomic mass is 32.2. The first-order valence-electron chi connectivity index (χ1n) is 2.64. The van der Waals surface area contributed by atoms with E-state index in [1.54, 1.807) is 0 Å². The summed E-state index contributed by atoms with van der Waals surface area (Å²) in [6.45, 7) is 0.356. The second kappa shape index (κ2) is 2.17. The minimum absolute atomic E-state index is 0.356. The summed E-state index contributed by atoms with van der Waals surface area (Å²) in [7, 11) is 0. The highest BCUT2D eigenvalue weighted by Gasteiger charge is 2.17. The van der Waals surface area contributed by atoms with E-state index in [2.05, 4.69) is 0 Å². The van der Waals surface area contributed by atoms with Crippen molar-refractivity contribution in [3.8, 4) is 0 Å². The molecule has 8 heavy (non-hydrogen) atoms. The standard InChI is InChI=1S/C4H5NO2S/c6-3-4(7)8-2-1-5-3/h1-2H2,(H,5,6)/i/hD. The molecule has 0 saturated carbocycles. The van der Waals surface area contributed by atoms with Crippen molar-refractivity contribution < 1.29 is 11.0 Å². The second-order valence-electron chi connectivity index (χ2n) is 1.32. The van der Waals surface area contributed by atoms with E-state index in [0.717, 1.165) is 11.8 Å². The zero-order valence-corrected chi connectivity index (χ0v) is 4.90. The number of hydrogen-bond acceptors (Lipinski definition) is 3. The summed E-state index contributed by atoms with van der Waals surface area (Å²) >= 11 is 0.980. The molecule has 0 spiro atoms. The number of nitrogens with one attached hydrogen (secondary N) is 1. The van der Waals surface area contributed by atoms with Crippen LogP contribution < -0.4 is 5.31 Å². The Labute approximate surface area is 52.3 Å². The third kappa shape index (κ3) is 1.01. The monoisotopic (exact) mass is 132 g/mol. The van der Waals surface area contributed by atoms with E-state index in [4.69, 9.17) is 1.41 Å². The lowest BCUT2D eigenvalue weighted by Gasteiger charge is -2.07. The fraction of sp³-hybridized carbons (Fsp3) is 0.500. The summed E-state index contributed by atoms with van der Waals surface area (Å²) < 4.78 is 6.86. The van der Waals surface area contributed by atoms with Gasteiger partial charge in [-0.3, -0.25) is 9.59 Å². The molecule has 1 aliphatic rings. The van der Waals surface area contributed by atoms with Crippen molar-refractivity contribution in [1.82, 2.24) is 5.31 Å². The first kappa shape index (κ1) is 4.38. The van der Waals surface area contributed by atoms with Gasteiger partial charge in [0.1, 0.15) is 0 Å². The maximum Gasteiger partial charge on any atom is 0.298 e. The van der Waals surface area contributed by atoms with Crippen LogP contribution in [0.15, 0.2) is 0 Å². The lowest BCUT2D eigenvalue weighted by molar-refractivity contribution is -0.133. The van der Waals surface area contributed by atoms with Crippen molar-refractivity contribution in [1.29, 1.82) is 0 Å². The average molecular weight is 132 g/mol. The maximum atomic E-state index is 10.5. The molecule has 1 N–H and O–H groups in total. The molecule has 0 aromatic heterocycles. The van der Waals surface area contributed by atoms with Crippen molar-refractivity contribution in [3.63, 3.8) is 0 Å². The number of thioether (sulfide) groups is 1. The van der Waals surface area contributed by atoms with E-state index in [1.807, 2.05) is 0 Å². The van der Waals surface area contributed by atoms with Gasteiger partial charge in [0.25, 0.3) is 11.0 Å². The van der Waals surface area contributed by atoms with Gasteiger partial charge in [-0.2, -0.15) is 0 Å². The van der Waals surface area contributed by atoms with Crippen LogP contribution in [-0.2, 0) is 9.59 Å². The molecule has 0 aromatic carbocycles. The van der Waals surface area contributed by atoms with Crippen molar-refractivity contribution in [3.05, 3.63) is 0 Å². The summed E-state index contributed by atoms with van der Waals surface area (Å²) in [6, 6.07) is 0. The Balaban J connectivity index is 2.62. The summed E-state index contributed by atoms with van der Waals surface area (Å²) in [6.07, 6.45) is 0. The molecule has 0 bridgehead atoms. The van der Waals surface area contributed by atoms with Crippen LogP contribution in [0.2, 0.25) is 1.41 Å². The Hall–Kier alpha value is -0.510. The molecule has 1 aliphatic heterocycles. The lowest BCUT2D eigenvalue weighted by atomic mass is 10.6. The van der Waals surface area contributed by atoms with Crippen molar-refractivity contribution in [2.75, 3.05) is 12.3 Å². The molecular formula is C4H5NO2S. The third-order valence-electron chi connectivity index (χ3n) is 0.754. The van der Waals surface area contributed by atoms with E-state index in [-0.39, 0.29) is 0 Å². The van der Waals surface area contributed by atoms with Crippen molar-refractivity contribution in [2.45, 2.75) is 0 Å². The number of carbonyl (C=O) groups is 2. The van der Waals surface area contributed by atoms with Crippen LogP contribution in [-0.4, -0.2) is 23.3 Å². The Kier molecular flexibility index (Phi) is 1.19. The summed E-state index contributed by atoms with van der Waals surface area (Å²) in [5.41, 5.74) is 0. The van der Waals surface area contributed by atoms with E-state index in [1.165, 1.54) is 0 Å². The van der Waals surface area contributed by atoms with E-state index >= 15 is 0 Å². The van der Waals surface area contributed by atoms with E-state index in [0.29, 0.717) is 17.6 Å². The number of rotatable bonds is 0. The second-order valence-corrected chi connectivity index (χ2v) is 2.39. The van der Waals surface area contributed by atoms with Gasteiger partial charge < -0.3 is 5.31 Å². The first-order chi connectivity index (χ1) is 4.22. The zero-order valence-electron chi connectivity index (χ0n) is 5.09. The molecule has 1 rings (SSSR count). The van der Waals surface area contributed by atoms with Gasteiger partial charge >= 0.3 is 0 Å². The van der Waals surface area contributed by atoms with Gasteiger partial charge in [-0.15, -0.1) is 0 Å². The molecule has 0 radical (unpaired) electrons. The van der Waals surface area contributed by atoms with E-state index in [9.17, 15) is 9.59 Å². The lowest BCUT2D eigenvalue weighted by Crippen LogP contribution is -2.35. The average Bonchev–Trinajstić information content (AvgIpc) is 1.83. The van der Waals surface area contributed by atoms with Gasteiger partial charge in [0.05, 0.1) is 0 Å². The predicted octanol–water partition coefficient (Wildman–Crippen LogP) is -0.624. The summed E-state index contributed by atoms with van der Waals surface area (Å²) in [4.78, 5) is 20.9. The normalized spacial score (nSPS) is 23.5. The minimum atomic E-state index is -0.703. The van der Waals surface area contributed by atoms with Crippen LogP contribution in [0.4, 0.5) is 0 Å².